The molecular formula is C32H41N3O4SSi. The van der Waals surface area contributed by atoms with Gasteiger partial charge in [-0.2, -0.15) is 0 Å². The number of rotatable bonds is 12. The largest absolute Gasteiger partial charge is 0.409 e. The minimum Gasteiger partial charge on any atom is -0.409 e. The summed E-state index contributed by atoms with van der Waals surface area (Å²) >= 11 is 1.53. The van der Waals surface area contributed by atoms with Gasteiger partial charge in [0.25, 0.3) is 0 Å². The molecule has 0 unspecified atom stereocenters. The summed E-state index contributed by atoms with van der Waals surface area (Å²) in [7, 11) is -2.29. The van der Waals surface area contributed by atoms with Crippen molar-refractivity contribution in [1.82, 2.24) is 0 Å². The van der Waals surface area contributed by atoms with Gasteiger partial charge in [-0.15, -0.1) is 0 Å². The fourth-order valence-corrected chi connectivity index (χ4v) is 6.87. The molecule has 4 rings (SSSR count). The van der Waals surface area contributed by atoms with Crippen molar-refractivity contribution in [2.45, 2.75) is 86.8 Å². The lowest BCUT2D eigenvalue weighted by Crippen LogP contribution is -2.62. The quantitative estimate of drug-likeness (QED) is 0.0914. The number of hydrogen-bond acceptors (Lipinski definition) is 6. The fourth-order valence-electron chi connectivity index (χ4n) is 4.42. The Labute approximate surface area is 249 Å². The van der Waals surface area contributed by atoms with E-state index in [1.807, 2.05) is 91.0 Å². The van der Waals surface area contributed by atoms with Crippen LogP contribution >= 0.6 is 11.8 Å². The Bertz CT molecular complexity index is 1250. The van der Waals surface area contributed by atoms with E-state index in [9.17, 15) is 5.53 Å². The molecule has 0 amide bonds. The summed E-state index contributed by atoms with van der Waals surface area (Å²) in [6.45, 7) is 12.2. The van der Waals surface area contributed by atoms with Crippen molar-refractivity contribution in [2.75, 3.05) is 6.61 Å². The van der Waals surface area contributed by atoms with Gasteiger partial charge in [-0.3, -0.25) is 0 Å². The second-order valence-electron chi connectivity index (χ2n) is 11.8. The minimum atomic E-state index is -2.29. The van der Waals surface area contributed by atoms with Gasteiger partial charge in [0, 0.05) is 9.81 Å². The normalized spacial score (nSPS) is 23.1. The molecule has 218 valence electrons. The number of benzene rings is 3. The predicted molar refractivity (Wildman–Crippen MR) is 167 cm³/mol. The summed E-state index contributed by atoms with van der Waals surface area (Å²) in [5, 5.41) is 4.22. The number of azide groups is 1. The molecule has 3 aromatic rings. The van der Waals surface area contributed by atoms with Gasteiger partial charge in [0.2, 0.25) is 0 Å². The second-order valence-corrected chi connectivity index (χ2v) is 17.7. The van der Waals surface area contributed by atoms with Crippen LogP contribution in [0.3, 0.4) is 0 Å². The molecule has 1 fully saturated rings. The van der Waals surface area contributed by atoms with E-state index in [1.54, 1.807) is 0 Å². The third kappa shape index (κ3) is 8.69. The highest BCUT2D eigenvalue weighted by atomic mass is 32.2. The van der Waals surface area contributed by atoms with Gasteiger partial charge in [0.1, 0.15) is 23.7 Å². The highest BCUT2D eigenvalue weighted by Crippen LogP contribution is 2.42. The van der Waals surface area contributed by atoms with E-state index in [0.717, 1.165) is 16.0 Å². The van der Waals surface area contributed by atoms with Crippen molar-refractivity contribution < 1.29 is 18.6 Å². The maximum atomic E-state index is 9.67. The van der Waals surface area contributed by atoms with Crippen LogP contribution in [0.2, 0.25) is 18.1 Å². The van der Waals surface area contributed by atoms with Crippen molar-refractivity contribution >= 4 is 20.1 Å². The molecule has 1 aliphatic rings. The number of ether oxygens (including phenoxy) is 3. The first-order chi connectivity index (χ1) is 19.7. The smallest absolute Gasteiger partial charge is 0.192 e. The standard InChI is InChI=1S/C32H41N3O4SSi/c1-32(2,3)41(4,5)39-29-27(23-36-21-24-15-9-6-10-16-24)38-31(40-26-19-13-8-14-20-26)28(34-35-33)30(29)37-22-25-17-11-7-12-18-25/h6-20,27-31H,21-23H2,1-5H3/t27-,28-,29-,30-,31-/m1/s1. The number of thioether (sulfide) groups is 1. The topological polar surface area (TPSA) is 85.7 Å². The summed E-state index contributed by atoms with van der Waals surface area (Å²) in [5.41, 5.74) is 11.3. The maximum Gasteiger partial charge on any atom is 0.192 e. The lowest BCUT2D eigenvalue weighted by molar-refractivity contribution is -0.186. The first kappa shape index (κ1) is 31.3. The average Bonchev–Trinajstić information content (AvgIpc) is 2.95. The van der Waals surface area contributed by atoms with E-state index in [1.165, 1.54) is 11.8 Å². The average molecular weight is 592 g/mol. The van der Waals surface area contributed by atoms with E-state index < -0.39 is 38.1 Å². The monoisotopic (exact) mass is 591 g/mol. The first-order valence-corrected chi connectivity index (χ1v) is 17.8. The minimum absolute atomic E-state index is 0.0456. The predicted octanol–water partition coefficient (Wildman–Crippen LogP) is 8.38. The third-order valence-electron chi connectivity index (χ3n) is 7.71. The van der Waals surface area contributed by atoms with Gasteiger partial charge < -0.3 is 18.6 Å². The van der Waals surface area contributed by atoms with Crippen LogP contribution in [0, 0.1) is 0 Å². The lowest BCUT2D eigenvalue weighted by Gasteiger charge is -2.49. The van der Waals surface area contributed by atoms with Gasteiger partial charge in [-0.1, -0.05) is 117 Å². The molecule has 0 N–H and O–H groups in total. The Balaban J connectivity index is 1.68. The van der Waals surface area contributed by atoms with E-state index in [2.05, 4.69) is 43.9 Å². The summed E-state index contributed by atoms with van der Waals surface area (Å²) in [5.74, 6) is 0. The highest BCUT2D eigenvalue weighted by molar-refractivity contribution is 7.99. The van der Waals surface area contributed by atoms with Crippen LogP contribution in [0.15, 0.2) is 101 Å². The van der Waals surface area contributed by atoms with Gasteiger partial charge in [0.05, 0.1) is 25.9 Å². The molecule has 1 saturated heterocycles. The molecule has 1 aliphatic heterocycles. The summed E-state index contributed by atoms with van der Waals surface area (Å²) in [4.78, 5) is 4.26. The van der Waals surface area contributed by atoms with Crippen molar-refractivity contribution in [2.24, 2.45) is 5.11 Å². The Kier molecular flexibility index (Phi) is 11.1. The second kappa shape index (κ2) is 14.5. The zero-order valence-corrected chi connectivity index (χ0v) is 26.4. The molecule has 0 aromatic heterocycles. The third-order valence-corrected chi connectivity index (χ3v) is 13.4. The fraction of sp³-hybridized carbons (Fsp3) is 0.438. The molecule has 0 aliphatic carbocycles. The number of nitrogens with zero attached hydrogens (tertiary/aromatic N) is 3. The molecule has 1 heterocycles. The Morgan fingerprint density at radius 3 is 1.98 bits per heavy atom. The SMILES string of the molecule is CC(C)(C)[Si](C)(C)O[C@H]1[C@H](OCc2ccccc2)[C@@H](N=[N+]=[N-])[C@@H](Sc2ccccc2)O[C@@H]1COCc1ccccc1. The first-order valence-electron chi connectivity index (χ1n) is 14.0. The molecule has 0 saturated carbocycles. The van der Waals surface area contributed by atoms with Crippen LogP contribution in [0.25, 0.3) is 10.4 Å². The molecule has 7 nitrogen and oxygen atoms in total. The van der Waals surface area contributed by atoms with Gasteiger partial charge in [-0.25, -0.2) is 0 Å². The Morgan fingerprint density at radius 1 is 0.854 bits per heavy atom. The number of hydrogen-bond donors (Lipinski definition) is 0. The summed E-state index contributed by atoms with van der Waals surface area (Å²) < 4.78 is 26.7. The van der Waals surface area contributed by atoms with Crippen LogP contribution in [-0.2, 0) is 31.9 Å². The molecule has 0 bridgehead atoms. The van der Waals surface area contributed by atoms with Gasteiger partial charge in [-0.05, 0) is 46.9 Å². The lowest BCUT2D eigenvalue weighted by atomic mass is 9.98. The summed E-state index contributed by atoms with van der Waals surface area (Å²) in [6, 6.07) is 29.5. The molecule has 0 radical (unpaired) electrons. The molecule has 9 heteroatoms. The van der Waals surface area contributed by atoms with Crippen molar-refractivity contribution in [3.63, 3.8) is 0 Å². The van der Waals surface area contributed by atoms with Crippen molar-refractivity contribution in [3.05, 3.63) is 113 Å². The Morgan fingerprint density at radius 2 is 1.41 bits per heavy atom. The van der Waals surface area contributed by atoms with Gasteiger partial charge >= 0.3 is 0 Å². The van der Waals surface area contributed by atoms with Gasteiger partial charge in [0.15, 0.2) is 8.32 Å². The molecule has 41 heavy (non-hydrogen) atoms. The van der Waals surface area contributed by atoms with E-state index >= 15 is 0 Å². The van der Waals surface area contributed by atoms with Crippen LogP contribution in [-0.4, -0.2) is 44.7 Å². The molecule has 3 aromatic carbocycles. The maximum absolute atomic E-state index is 9.67. The van der Waals surface area contributed by atoms with Crippen LogP contribution in [0.4, 0.5) is 0 Å². The van der Waals surface area contributed by atoms with Crippen LogP contribution in [0.5, 0.6) is 0 Å². The van der Waals surface area contributed by atoms with E-state index in [0.29, 0.717) is 19.8 Å². The zero-order valence-electron chi connectivity index (χ0n) is 24.6. The molecule has 0 spiro atoms. The van der Waals surface area contributed by atoms with Crippen molar-refractivity contribution in [1.29, 1.82) is 0 Å². The molecule has 5 atom stereocenters. The zero-order chi connectivity index (χ0) is 29.3. The van der Waals surface area contributed by atoms with E-state index in [-0.39, 0.29) is 5.04 Å². The Hall–Kier alpha value is -2.62. The van der Waals surface area contributed by atoms with Crippen LogP contribution < -0.4 is 0 Å². The van der Waals surface area contributed by atoms with Crippen molar-refractivity contribution in [3.8, 4) is 0 Å². The van der Waals surface area contributed by atoms with Crippen LogP contribution in [0.1, 0.15) is 31.9 Å². The highest BCUT2D eigenvalue weighted by Gasteiger charge is 2.51. The molecular weight excluding hydrogens is 551 g/mol. The van der Waals surface area contributed by atoms with E-state index in [4.69, 9.17) is 18.6 Å². The summed E-state index contributed by atoms with van der Waals surface area (Å²) in [6.07, 6.45) is -1.46.